The molecule has 25 heavy (non-hydrogen) atoms. The Morgan fingerprint density at radius 2 is 1.64 bits per heavy atom. The van der Waals surface area contributed by atoms with Crippen LogP contribution in [0.15, 0.2) is 48.5 Å². The fourth-order valence-corrected chi connectivity index (χ4v) is 3.75. The van der Waals surface area contributed by atoms with Gasteiger partial charge in [0, 0.05) is 18.2 Å². The summed E-state index contributed by atoms with van der Waals surface area (Å²) in [5.74, 6) is 3.15. The summed E-state index contributed by atoms with van der Waals surface area (Å²) < 4.78 is 17.2. The quantitative estimate of drug-likeness (QED) is 0.782. The van der Waals surface area contributed by atoms with Gasteiger partial charge in [-0.2, -0.15) is 0 Å². The molecule has 4 rings (SSSR count). The molecule has 0 saturated carbocycles. The maximum atomic E-state index is 5.91. The first-order chi connectivity index (χ1) is 12.3. The van der Waals surface area contributed by atoms with Crippen molar-refractivity contribution >= 4 is 5.69 Å². The van der Waals surface area contributed by atoms with Crippen molar-refractivity contribution in [1.29, 1.82) is 0 Å². The third-order valence-corrected chi connectivity index (χ3v) is 5.02. The lowest BCUT2D eigenvalue weighted by Gasteiger charge is -2.19. The first kappa shape index (κ1) is 16.3. The van der Waals surface area contributed by atoms with E-state index in [1.54, 1.807) is 0 Å². The van der Waals surface area contributed by atoms with Gasteiger partial charge in [-0.05, 0) is 74.7 Å². The normalized spacial score (nSPS) is 24.3. The van der Waals surface area contributed by atoms with Gasteiger partial charge in [0.2, 0.25) is 0 Å². The van der Waals surface area contributed by atoms with Crippen LogP contribution in [0.3, 0.4) is 0 Å². The lowest BCUT2D eigenvalue weighted by molar-refractivity contribution is 0.0941. The summed E-state index contributed by atoms with van der Waals surface area (Å²) in [6, 6.07) is 15.8. The van der Waals surface area contributed by atoms with Crippen LogP contribution in [0.2, 0.25) is 0 Å². The van der Waals surface area contributed by atoms with Crippen molar-refractivity contribution in [2.24, 2.45) is 5.92 Å². The van der Waals surface area contributed by atoms with Gasteiger partial charge >= 0.3 is 0 Å². The molecule has 2 fully saturated rings. The third-order valence-electron chi connectivity index (χ3n) is 5.02. The Labute approximate surface area is 149 Å². The SMILES string of the molecule is CCOc1ccc(Oc2ccc(NCC3CC4CCC3O4)cc2)cc1. The van der Waals surface area contributed by atoms with Crippen LogP contribution in [-0.2, 0) is 4.74 Å². The van der Waals surface area contributed by atoms with Crippen LogP contribution in [0.25, 0.3) is 0 Å². The van der Waals surface area contributed by atoms with Crippen LogP contribution >= 0.6 is 0 Å². The topological polar surface area (TPSA) is 39.7 Å². The van der Waals surface area contributed by atoms with Crippen LogP contribution in [-0.4, -0.2) is 25.4 Å². The van der Waals surface area contributed by atoms with E-state index in [0.717, 1.165) is 29.5 Å². The zero-order chi connectivity index (χ0) is 17.1. The molecule has 3 atom stereocenters. The van der Waals surface area contributed by atoms with E-state index in [1.165, 1.54) is 19.3 Å². The summed E-state index contributed by atoms with van der Waals surface area (Å²) in [5.41, 5.74) is 1.13. The van der Waals surface area contributed by atoms with E-state index >= 15 is 0 Å². The van der Waals surface area contributed by atoms with E-state index < -0.39 is 0 Å². The molecule has 132 valence electrons. The molecule has 4 nitrogen and oxygen atoms in total. The molecular formula is C21H25NO3. The molecule has 2 aliphatic rings. The summed E-state index contributed by atoms with van der Waals surface area (Å²) in [4.78, 5) is 0. The number of rotatable bonds is 7. The largest absolute Gasteiger partial charge is 0.494 e. The maximum absolute atomic E-state index is 5.91. The van der Waals surface area contributed by atoms with E-state index in [-0.39, 0.29) is 0 Å². The summed E-state index contributed by atoms with van der Waals surface area (Å²) >= 11 is 0. The average molecular weight is 339 g/mol. The molecule has 2 heterocycles. The molecular weight excluding hydrogens is 314 g/mol. The molecule has 0 aromatic heterocycles. The molecule has 2 aromatic carbocycles. The molecule has 2 saturated heterocycles. The van der Waals surface area contributed by atoms with Crippen molar-refractivity contribution in [2.75, 3.05) is 18.5 Å². The van der Waals surface area contributed by atoms with Crippen LogP contribution in [0.4, 0.5) is 5.69 Å². The number of nitrogens with one attached hydrogen (secondary N) is 1. The van der Waals surface area contributed by atoms with Crippen molar-refractivity contribution in [3.05, 3.63) is 48.5 Å². The number of fused-ring (bicyclic) bond motifs is 2. The average Bonchev–Trinajstić information content (AvgIpc) is 3.26. The van der Waals surface area contributed by atoms with Crippen molar-refractivity contribution < 1.29 is 14.2 Å². The molecule has 0 amide bonds. The molecule has 2 bridgehead atoms. The van der Waals surface area contributed by atoms with Crippen LogP contribution in [0, 0.1) is 5.92 Å². The van der Waals surface area contributed by atoms with Gasteiger partial charge in [-0.25, -0.2) is 0 Å². The van der Waals surface area contributed by atoms with E-state index in [4.69, 9.17) is 14.2 Å². The summed E-state index contributed by atoms with van der Waals surface area (Å²) in [5, 5.41) is 3.53. The Morgan fingerprint density at radius 1 is 0.960 bits per heavy atom. The van der Waals surface area contributed by atoms with Gasteiger partial charge in [-0.1, -0.05) is 0 Å². The lowest BCUT2D eigenvalue weighted by Crippen LogP contribution is -2.24. The Balaban J connectivity index is 1.29. The van der Waals surface area contributed by atoms with E-state index in [1.807, 2.05) is 43.3 Å². The maximum Gasteiger partial charge on any atom is 0.127 e. The van der Waals surface area contributed by atoms with Crippen molar-refractivity contribution in [3.8, 4) is 17.2 Å². The van der Waals surface area contributed by atoms with Gasteiger partial charge < -0.3 is 19.5 Å². The number of anilines is 1. The number of hydrogen-bond acceptors (Lipinski definition) is 4. The summed E-state index contributed by atoms with van der Waals surface area (Å²) in [6.07, 6.45) is 4.67. The predicted octanol–water partition coefficient (Wildman–Crippen LogP) is 4.86. The smallest absolute Gasteiger partial charge is 0.127 e. The molecule has 1 N–H and O–H groups in total. The molecule has 3 unspecified atom stereocenters. The molecule has 2 aliphatic heterocycles. The van der Waals surface area contributed by atoms with E-state index in [0.29, 0.717) is 24.7 Å². The van der Waals surface area contributed by atoms with Gasteiger partial charge in [0.25, 0.3) is 0 Å². The van der Waals surface area contributed by atoms with E-state index in [9.17, 15) is 0 Å². The second-order valence-corrected chi connectivity index (χ2v) is 6.78. The number of ether oxygens (including phenoxy) is 3. The highest BCUT2D eigenvalue weighted by Gasteiger charge is 2.40. The zero-order valence-electron chi connectivity index (χ0n) is 14.6. The van der Waals surface area contributed by atoms with Gasteiger partial charge in [-0.3, -0.25) is 0 Å². The monoisotopic (exact) mass is 339 g/mol. The molecule has 4 heteroatoms. The minimum absolute atomic E-state index is 0.472. The minimum Gasteiger partial charge on any atom is -0.494 e. The Morgan fingerprint density at radius 3 is 2.24 bits per heavy atom. The van der Waals surface area contributed by atoms with Crippen molar-refractivity contribution in [1.82, 2.24) is 0 Å². The zero-order valence-corrected chi connectivity index (χ0v) is 14.6. The molecule has 0 aliphatic carbocycles. The first-order valence-electron chi connectivity index (χ1n) is 9.20. The first-order valence-corrected chi connectivity index (χ1v) is 9.20. The molecule has 0 radical (unpaired) electrons. The number of hydrogen-bond donors (Lipinski definition) is 1. The fraction of sp³-hybridized carbons (Fsp3) is 0.429. The minimum atomic E-state index is 0.472. The fourth-order valence-electron chi connectivity index (χ4n) is 3.75. The number of benzene rings is 2. The highest BCUT2D eigenvalue weighted by atomic mass is 16.5. The predicted molar refractivity (Wildman–Crippen MR) is 98.6 cm³/mol. The van der Waals surface area contributed by atoms with Crippen LogP contribution < -0.4 is 14.8 Å². The third kappa shape index (κ3) is 3.90. The van der Waals surface area contributed by atoms with Gasteiger partial charge in [0.15, 0.2) is 0 Å². The molecule has 2 aromatic rings. The van der Waals surface area contributed by atoms with Crippen molar-refractivity contribution in [2.45, 2.75) is 38.4 Å². The van der Waals surface area contributed by atoms with Gasteiger partial charge in [0.1, 0.15) is 17.2 Å². The Bertz CT molecular complexity index is 683. The standard InChI is InChI=1S/C21H25NO3/c1-2-23-17-7-9-19(10-8-17)24-18-5-3-16(4-6-18)22-14-15-13-20-11-12-21(15)25-20/h3-10,15,20-22H,2,11-14H2,1H3. The Hall–Kier alpha value is -2.20. The van der Waals surface area contributed by atoms with Crippen LogP contribution in [0.1, 0.15) is 26.2 Å². The highest BCUT2D eigenvalue weighted by molar-refractivity contribution is 5.47. The summed E-state index contributed by atoms with van der Waals surface area (Å²) in [6.45, 7) is 3.63. The second-order valence-electron chi connectivity index (χ2n) is 6.78. The van der Waals surface area contributed by atoms with Crippen molar-refractivity contribution in [3.63, 3.8) is 0 Å². The lowest BCUT2D eigenvalue weighted by atomic mass is 9.89. The second kappa shape index (κ2) is 7.36. The van der Waals surface area contributed by atoms with Crippen LogP contribution in [0.5, 0.6) is 17.2 Å². The Kier molecular flexibility index (Phi) is 4.79. The van der Waals surface area contributed by atoms with E-state index in [2.05, 4.69) is 17.4 Å². The van der Waals surface area contributed by atoms with Gasteiger partial charge in [-0.15, -0.1) is 0 Å². The molecule has 0 spiro atoms. The summed E-state index contributed by atoms with van der Waals surface area (Å²) in [7, 11) is 0. The highest BCUT2D eigenvalue weighted by Crippen LogP contribution is 2.38. The van der Waals surface area contributed by atoms with Gasteiger partial charge in [0.05, 0.1) is 18.8 Å².